The molecule has 6 aromatic rings. The average Bonchev–Trinajstić information content (AvgIpc) is 3.77. The Balaban J connectivity index is 1.35. The van der Waals surface area contributed by atoms with Crippen LogP contribution in [0.3, 0.4) is 0 Å². The van der Waals surface area contributed by atoms with Crippen molar-refractivity contribution in [2.24, 2.45) is 0 Å². The first-order chi connectivity index (χ1) is 19.5. The van der Waals surface area contributed by atoms with Gasteiger partial charge in [0.25, 0.3) is 0 Å². The van der Waals surface area contributed by atoms with E-state index in [0.29, 0.717) is 6.21 Å². The summed E-state index contributed by atoms with van der Waals surface area (Å²) >= 11 is 0. The molecule has 0 bridgehead atoms. The predicted octanol–water partition coefficient (Wildman–Crippen LogP) is 4.71. The van der Waals surface area contributed by atoms with Gasteiger partial charge in [0.2, 0.25) is 0 Å². The molecule has 7 heteroatoms. The zero-order valence-electron chi connectivity index (χ0n) is 22.6. The van der Waals surface area contributed by atoms with Gasteiger partial charge in [0.15, 0.2) is 0 Å². The molecule has 4 aliphatic heterocycles. The molecule has 5 aromatic carbocycles. The Morgan fingerprint density at radius 1 is 0.775 bits per heavy atom. The molecule has 185 valence electrons. The Labute approximate surface area is 236 Å². The van der Waals surface area contributed by atoms with Crippen LogP contribution in [0, 0.1) is 0 Å². The quantitative estimate of drug-likeness (QED) is 0.262. The number of rotatable bonds is 3. The van der Waals surface area contributed by atoms with Gasteiger partial charge in [-0.1, -0.05) is 0 Å². The van der Waals surface area contributed by atoms with Gasteiger partial charge >= 0.3 is 237 Å². The third kappa shape index (κ3) is 2.36. The molecule has 10 rings (SSSR count). The van der Waals surface area contributed by atoms with Crippen molar-refractivity contribution in [2.45, 2.75) is 19.3 Å². The molecule has 1 N–H and O–H groups in total. The number of aromatic nitrogens is 1. The summed E-state index contributed by atoms with van der Waals surface area (Å²) < 4.78 is 2.60. The van der Waals surface area contributed by atoms with Crippen LogP contribution in [0.4, 0.5) is 5.69 Å². The molecule has 2 nitrogen and oxygen atoms in total. The van der Waals surface area contributed by atoms with Crippen molar-refractivity contribution in [3.63, 3.8) is 0 Å². The second-order valence-corrected chi connectivity index (χ2v) is 17.3. The van der Waals surface area contributed by atoms with Gasteiger partial charge in [-0.15, -0.1) is 0 Å². The van der Waals surface area contributed by atoms with E-state index in [9.17, 15) is 0 Å². The summed E-state index contributed by atoms with van der Waals surface area (Å²) in [5, 5.41) is 8.44. The Kier molecular flexibility index (Phi) is 3.77. The molecular formula is C33H25B4N2P-. The third-order valence-corrected chi connectivity index (χ3v) is 15.5. The van der Waals surface area contributed by atoms with Crippen LogP contribution in [-0.2, 0) is 5.41 Å². The summed E-state index contributed by atoms with van der Waals surface area (Å²) in [6, 6.07) is 41.1. The van der Waals surface area contributed by atoms with Crippen LogP contribution >= 0.6 is 6.39 Å². The monoisotopic (exact) mass is 524 g/mol. The van der Waals surface area contributed by atoms with Gasteiger partial charge < -0.3 is 0 Å². The first-order valence-electron chi connectivity index (χ1n) is 14.4. The molecule has 0 spiro atoms. The van der Waals surface area contributed by atoms with Crippen LogP contribution in [0.5, 0.6) is 0 Å². The molecule has 1 aromatic heterocycles. The average molecular weight is 524 g/mol. The van der Waals surface area contributed by atoms with E-state index < -0.39 is 6.39 Å². The third-order valence-electron chi connectivity index (χ3n) is 10.5. The van der Waals surface area contributed by atoms with Gasteiger partial charge in [0.1, 0.15) is 0 Å². The number of benzene rings is 5. The SMILES string of the molecule is CC1(C)c2ccccc2B2c3c(cccc31)-n1c3ccccc3c3c(P45(Nc6ccccc6)[B]B4[B-]5)ccc2c31. The summed E-state index contributed by atoms with van der Waals surface area (Å²) in [5.74, 6) is 0. The van der Waals surface area contributed by atoms with Crippen molar-refractivity contribution in [3.8, 4) is 5.69 Å². The molecule has 2 fully saturated rings. The van der Waals surface area contributed by atoms with E-state index in [0.717, 1.165) is 0 Å². The molecule has 2 saturated heterocycles. The molecule has 5 heterocycles. The van der Waals surface area contributed by atoms with Gasteiger partial charge in [-0.3, -0.25) is 0 Å². The van der Waals surface area contributed by atoms with E-state index in [1.165, 1.54) is 66.0 Å². The summed E-state index contributed by atoms with van der Waals surface area (Å²) in [5.41, 5.74) is 12.5. The first kappa shape index (κ1) is 22.1. The van der Waals surface area contributed by atoms with E-state index in [1.54, 1.807) is 0 Å². The topological polar surface area (TPSA) is 17.0 Å². The number of fused-ring (bicyclic) bond motifs is 8. The molecule has 40 heavy (non-hydrogen) atoms. The summed E-state index contributed by atoms with van der Waals surface area (Å²) in [6.07, 6.45) is -1.83. The van der Waals surface area contributed by atoms with E-state index >= 15 is 0 Å². The van der Waals surface area contributed by atoms with Crippen LogP contribution in [0.15, 0.2) is 109 Å². The number of anilines is 1. The van der Waals surface area contributed by atoms with Gasteiger partial charge in [-0.2, -0.15) is 0 Å². The second kappa shape index (κ2) is 6.81. The normalized spacial score (nSPS) is 20.0. The molecule has 0 saturated carbocycles. The Morgan fingerprint density at radius 2 is 1.50 bits per heavy atom. The Hall–Kier alpha value is -3.61. The van der Waals surface area contributed by atoms with E-state index in [-0.39, 0.29) is 12.1 Å². The van der Waals surface area contributed by atoms with Crippen LogP contribution in [0.25, 0.3) is 27.5 Å². The van der Waals surface area contributed by atoms with Crippen molar-refractivity contribution < 1.29 is 0 Å². The number of nitrogens with one attached hydrogen (secondary N) is 1. The summed E-state index contributed by atoms with van der Waals surface area (Å²) in [6.45, 7) is 10.3. The maximum atomic E-state index is 4.12. The van der Waals surface area contributed by atoms with Gasteiger partial charge in [-0.25, -0.2) is 0 Å². The number of hydrogen-bond acceptors (Lipinski definition) is 1. The zero-order valence-corrected chi connectivity index (χ0v) is 23.5. The Morgan fingerprint density at radius 3 is 2.33 bits per heavy atom. The standard InChI is InChI=1S/C33H25B4N2P/c1-33(2)23-14-7-8-16-25(23)36-26-19-20-29(40(34-37(40)35-40)38-21-11-4-3-5-12-21)30-22-13-6-9-17-27(22)39(32(26)30)28-18-10-15-24(33)31(28)36/h3-20,38H,1-2H3/q-1. The first-order valence-corrected chi connectivity index (χ1v) is 16.8. The van der Waals surface area contributed by atoms with Gasteiger partial charge in [-0.05, 0) is 0 Å². The van der Waals surface area contributed by atoms with Crippen molar-refractivity contribution in [1.29, 1.82) is 0 Å². The molecule has 4 aliphatic rings. The van der Waals surface area contributed by atoms with Crippen LogP contribution in [-0.4, -0.2) is 31.3 Å². The van der Waals surface area contributed by atoms with Crippen LogP contribution in [0.1, 0.15) is 25.0 Å². The number of hydrogen-bond donors (Lipinski definition) is 1. The predicted molar refractivity (Wildman–Crippen MR) is 178 cm³/mol. The minimum absolute atomic E-state index is 0.0494. The molecular weight excluding hydrogens is 499 g/mol. The van der Waals surface area contributed by atoms with E-state index in [1.807, 2.05) is 0 Å². The summed E-state index contributed by atoms with van der Waals surface area (Å²) in [4.78, 5) is 0. The van der Waals surface area contributed by atoms with Crippen LogP contribution < -0.4 is 26.8 Å². The van der Waals surface area contributed by atoms with Crippen molar-refractivity contribution in [2.75, 3.05) is 5.09 Å². The molecule has 0 atom stereocenters. The molecule has 0 aliphatic carbocycles. The fourth-order valence-corrected chi connectivity index (χ4v) is 13.8. The maximum absolute atomic E-state index is 4.12. The fraction of sp³-hybridized carbons (Fsp3) is 0.0909. The second-order valence-electron chi connectivity index (χ2n) is 12.7. The summed E-state index contributed by atoms with van der Waals surface area (Å²) in [7, 11) is 0. The Bertz CT molecular complexity index is 2110. The van der Waals surface area contributed by atoms with Crippen molar-refractivity contribution in [1.82, 2.24) is 4.57 Å². The number of para-hydroxylation sites is 2. The minimum atomic E-state index is -2.41. The van der Waals surface area contributed by atoms with Gasteiger partial charge in [0.05, 0.1) is 0 Å². The van der Waals surface area contributed by atoms with Gasteiger partial charge in [0, 0.05) is 0 Å². The van der Waals surface area contributed by atoms with E-state index in [2.05, 4.69) is 146 Å². The molecule has 0 unspecified atom stereocenters. The zero-order chi connectivity index (χ0) is 26.5. The molecule has 0 amide bonds. The van der Waals surface area contributed by atoms with E-state index in [4.69, 9.17) is 0 Å². The molecule has 3 radical (unpaired) electrons. The van der Waals surface area contributed by atoms with Crippen molar-refractivity contribution >= 4 is 82.3 Å². The number of nitrogens with zero attached hydrogens (tertiary/aromatic N) is 1. The van der Waals surface area contributed by atoms with Crippen LogP contribution in [0.2, 0.25) is 0 Å². The fourth-order valence-electron chi connectivity index (χ4n) is 8.44. The van der Waals surface area contributed by atoms with Crippen molar-refractivity contribution in [3.05, 3.63) is 120 Å².